The predicted octanol–water partition coefficient (Wildman–Crippen LogP) is 1.48. The van der Waals surface area contributed by atoms with Gasteiger partial charge >= 0.3 is 0 Å². The number of allylic oxidation sites excluding steroid dienone is 2. The van der Waals surface area contributed by atoms with Crippen molar-refractivity contribution in [2.75, 3.05) is 0 Å². The first kappa shape index (κ1) is 3.13. The molecule has 7 heavy (non-hydrogen) atoms. The van der Waals surface area contributed by atoms with Gasteiger partial charge in [-0.25, -0.2) is 0 Å². The fourth-order valence-electron chi connectivity index (χ4n) is 0.621. The molecule has 1 unspecified atom stereocenters. The van der Waals surface area contributed by atoms with Crippen LogP contribution in [0.15, 0.2) is 34.3 Å². The Morgan fingerprint density at radius 2 is 2.57 bits per heavy atom. The van der Waals surface area contributed by atoms with Crippen LogP contribution in [0.4, 0.5) is 0 Å². The van der Waals surface area contributed by atoms with Gasteiger partial charge in [0, 0.05) is 12.1 Å². The lowest BCUT2D eigenvalue weighted by Crippen LogP contribution is -1.73. The van der Waals surface area contributed by atoms with E-state index in [0.29, 0.717) is 5.92 Å². The van der Waals surface area contributed by atoms with Crippen molar-refractivity contribution in [2.45, 2.75) is 0 Å². The lowest BCUT2D eigenvalue weighted by molar-refractivity contribution is 1.02. The first-order valence-electron chi connectivity index (χ1n) is 2.26. The summed E-state index contributed by atoms with van der Waals surface area (Å²) in [5.74, 6) is 0.553. The standard InChI is InChI=1S/C5H4N2/c1-2-6-7-5-3-4(1)5/h1-4H. The van der Waals surface area contributed by atoms with Crippen LogP contribution in [0.3, 0.4) is 0 Å². The maximum atomic E-state index is 3.80. The highest BCUT2D eigenvalue weighted by atomic mass is 15.1. The quantitative estimate of drug-likeness (QED) is 0.432. The molecule has 1 heterocycles. The summed E-state index contributed by atoms with van der Waals surface area (Å²) >= 11 is 0. The Hall–Kier alpha value is -0.920. The molecule has 0 N–H and O–H groups in total. The Morgan fingerprint density at radius 3 is 3.14 bits per heavy atom. The van der Waals surface area contributed by atoms with E-state index < -0.39 is 0 Å². The third-order valence-corrected chi connectivity index (χ3v) is 1.12. The Morgan fingerprint density at radius 1 is 1.57 bits per heavy atom. The van der Waals surface area contributed by atoms with E-state index in [0.717, 1.165) is 5.70 Å². The van der Waals surface area contributed by atoms with Crippen molar-refractivity contribution in [3.63, 3.8) is 0 Å². The molecule has 0 aromatic rings. The van der Waals surface area contributed by atoms with Gasteiger partial charge in [-0.05, 0) is 6.08 Å². The highest BCUT2D eigenvalue weighted by molar-refractivity contribution is 5.34. The number of hydrogen-bond donors (Lipinski definition) is 0. The smallest absolute Gasteiger partial charge is 0.0708 e. The average Bonchev–Trinajstić information content (AvgIpc) is 2.41. The first-order chi connectivity index (χ1) is 3.47. The van der Waals surface area contributed by atoms with Gasteiger partial charge in [0.25, 0.3) is 0 Å². The summed E-state index contributed by atoms with van der Waals surface area (Å²) in [6.45, 7) is 0. The van der Waals surface area contributed by atoms with Crippen molar-refractivity contribution in [1.29, 1.82) is 0 Å². The molecule has 0 amide bonds. The van der Waals surface area contributed by atoms with Crippen LogP contribution in [-0.4, -0.2) is 0 Å². The fraction of sp³-hybridized carbons (Fsp3) is 0.200. The monoisotopic (exact) mass is 92.0 g/mol. The van der Waals surface area contributed by atoms with Gasteiger partial charge in [0.05, 0.1) is 5.70 Å². The molecule has 34 valence electrons. The molecule has 0 spiro atoms. The van der Waals surface area contributed by atoms with E-state index in [1.54, 1.807) is 6.20 Å². The van der Waals surface area contributed by atoms with E-state index in [4.69, 9.17) is 0 Å². The number of hydrogen-bond acceptors (Lipinski definition) is 2. The highest BCUT2D eigenvalue weighted by Crippen LogP contribution is 2.33. The number of azo groups is 1. The third kappa shape index (κ3) is 0.330. The first-order valence-corrected chi connectivity index (χ1v) is 2.26. The molecule has 1 aliphatic carbocycles. The molecule has 2 heteroatoms. The SMILES string of the molecule is C1=CC2C=C2N=N1. The molecule has 1 aliphatic heterocycles. The van der Waals surface area contributed by atoms with Gasteiger partial charge in [0.15, 0.2) is 0 Å². The van der Waals surface area contributed by atoms with Crippen molar-refractivity contribution in [3.8, 4) is 0 Å². The van der Waals surface area contributed by atoms with E-state index in [1.807, 2.05) is 6.08 Å². The fourth-order valence-corrected chi connectivity index (χ4v) is 0.621. The number of nitrogens with zero attached hydrogens (tertiary/aromatic N) is 2. The zero-order valence-electron chi connectivity index (χ0n) is 3.70. The molecule has 2 rings (SSSR count). The van der Waals surface area contributed by atoms with Gasteiger partial charge in [-0.3, -0.25) is 0 Å². The van der Waals surface area contributed by atoms with Crippen LogP contribution < -0.4 is 0 Å². The van der Waals surface area contributed by atoms with Crippen molar-refractivity contribution < 1.29 is 0 Å². The third-order valence-electron chi connectivity index (χ3n) is 1.12. The van der Waals surface area contributed by atoms with Crippen LogP contribution in [0, 0.1) is 5.92 Å². The molecule has 2 nitrogen and oxygen atoms in total. The van der Waals surface area contributed by atoms with Gasteiger partial charge in [-0.2, -0.15) is 10.2 Å². The van der Waals surface area contributed by atoms with Crippen molar-refractivity contribution in [1.82, 2.24) is 0 Å². The summed E-state index contributed by atoms with van der Waals surface area (Å²) in [6, 6.07) is 0. The number of rotatable bonds is 0. The molecule has 0 fully saturated rings. The van der Waals surface area contributed by atoms with Crippen molar-refractivity contribution >= 4 is 0 Å². The zero-order chi connectivity index (χ0) is 4.69. The maximum absolute atomic E-state index is 3.80. The molecule has 0 aromatic heterocycles. The highest BCUT2D eigenvalue weighted by Gasteiger charge is 2.22. The molecular formula is C5H4N2. The summed E-state index contributed by atoms with van der Waals surface area (Å²) in [7, 11) is 0. The summed E-state index contributed by atoms with van der Waals surface area (Å²) in [4.78, 5) is 0. The second-order valence-corrected chi connectivity index (χ2v) is 1.67. The molecule has 0 radical (unpaired) electrons. The second kappa shape index (κ2) is 0.832. The van der Waals surface area contributed by atoms with Crippen LogP contribution in [0.1, 0.15) is 0 Å². The Balaban J connectivity index is 2.38. The Bertz CT molecular complexity index is 177. The van der Waals surface area contributed by atoms with E-state index >= 15 is 0 Å². The van der Waals surface area contributed by atoms with E-state index in [9.17, 15) is 0 Å². The minimum absolute atomic E-state index is 0.553. The summed E-state index contributed by atoms with van der Waals surface area (Å²) in [6.07, 6.45) is 5.84. The minimum atomic E-state index is 0.553. The predicted molar refractivity (Wildman–Crippen MR) is 25.6 cm³/mol. The van der Waals surface area contributed by atoms with Crippen LogP contribution in [0.25, 0.3) is 0 Å². The molecule has 0 bridgehead atoms. The molecule has 0 saturated carbocycles. The van der Waals surface area contributed by atoms with Gasteiger partial charge in [-0.15, -0.1) is 0 Å². The minimum Gasteiger partial charge on any atom is -0.159 e. The van der Waals surface area contributed by atoms with Crippen LogP contribution in [0.5, 0.6) is 0 Å². The molecular weight excluding hydrogens is 88.1 g/mol. The van der Waals surface area contributed by atoms with Crippen molar-refractivity contribution in [3.05, 3.63) is 24.0 Å². The molecule has 2 aliphatic rings. The Labute approximate surface area is 41.3 Å². The van der Waals surface area contributed by atoms with Crippen LogP contribution in [0.2, 0.25) is 0 Å². The summed E-state index contributed by atoms with van der Waals surface area (Å²) in [5, 5.41) is 7.48. The Kier molecular flexibility index (Phi) is 0.372. The van der Waals surface area contributed by atoms with E-state index in [1.165, 1.54) is 0 Å². The summed E-state index contributed by atoms with van der Waals surface area (Å²) < 4.78 is 0. The van der Waals surface area contributed by atoms with Gasteiger partial charge < -0.3 is 0 Å². The lowest BCUT2D eigenvalue weighted by Gasteiger charge is -1.86. The van der Waals surface area contributed by atoms with Crippen LogP contribution >= 0.6 is 0 Å². The lowest BCUT2D eigenvalue weighted by atomic mass is 10.3. The van der Waals surface area contributed by atoms with Crippen LogP contribution in [-0.2, 0) is 0 Å². The van der Waals surface area contributed by atoms with Gasteiger partial charge in [-0.1, -0.05) is 6.08 Å². The normalized spacial score (nSPS) is 32.0. The van der Waals surface area contributed by atoms with E-state index in [-0.39, 0.29) is 0 Å². The zero-order valence-corrected chi connectivity index (χ0v) is 3.70. The largest absolute Gasteiger partial charge is 0.159 e. The average molecular weight is 92.1 g/mol. The van der Waals surface area contributed by atoms with Gasteiger partial charge in [0.1, 0.15) is 0 Å². The van der Waals surface area contributed by atoms with E-state index in [2.05, 4.69) is 16.3 Å². The number of fused-ring (bicyclic) bond motifs is 1. The topological polar surface area (TPSA) is 24.7 Å². The molecule has 0 aromatic carbocycles. The maximum Gasteiger partial charge on any atom is 0.0708 e. The summed E-state index contributed by atoms with van der Waals surface area (Å²) in [5.41, 5.74) is 1.13. The molecule has 1 atom stereocenters. The second-order valence-electron chi connectivity index (χ2n) is 1.67. The molecule has 0 saturated heterocycles. The van der Waals surface area contributed by atoms with Gasteiger partial charge in [0.2, 0.25) is 0 Å². The van der Waals surface area contributed by atoms with Crippen molar-refractivity contribution in [2.24, 2.45) is 16.1 Å².